The maximum absolute atomic E-state index is 9.68. The third-order valence-corrected chi connectivity index (χ3v) is 5.17. The Morgan fingerprint density at radius 1 is 0.760 bits per heavy atom. The third kappa shape index (κ3) is 5.83. The van der Waals surface area contributed by atoms with Crippen molar-refractivity contribution in [2.24, 2.45) is 5.92 Å². The van der Waals surface area contributed by atoms with Crippen LogP contribution >= 0.6 is 0 Å². The summed E-state index contributed by atoms with van der Waals surface area (Å²) in [5, 5.41) is 37.8. The lowest BCUT2D eigenvalue weighted by molar-refractivity contribution is -0.247. The largest absolute Gasteiger partial charge is 0.386 e. The molecule has 0 spiro atoms. The highest BCUT2D eigenvalue weighted by molar-refractivity contribution is 4.89. The number of ether oxygens (including phenoxy) is 2. The van der Waals surface area contributed by atoms with Crippen molar-refractivity contribution in [2.45, 2.75) is 76.3 Å². The van der Waals surface area contributed by atoms with Gasteiger partial charge < -0.3 is 39.7 Å². The molecule has 150 valence electrons. The molecular formula is C17H36N2O6. The van der Waals surface area contributed by atoms with Gasteiger partial charge in [0, 0.05) is 18.0 Å². The number of aliphatic hydroxyl groups excluding tert-OH is 4. The maximum atomic E-state index is 9.68. The summed E-state index contributed by atoms with van der Waals surface area (Å²) < 4.78 is 10.2. The first-order valence-corrected chi connectivity index (χ1v) is 8.83. The molecule has 2 aliphatic heterocycles. The Morgan fingerprint density at radius 2 is 1.28 bits per heavy atom. The topological polar surface area (TPSA) is 106 Å². The van der Waals surface area contributed by atoms with Gasteiger partial charge in [-0.2, -0.15) is 0 Å². The predicted molar refractivity (Wildman–Crippen MR) is 93.9 cm³/mol. The second kappa shape index (κ2) is 9.57. The van der Waals surface area contributed by atoms with E-state index in [0.717, 1.165) is 6.42 Å². The van der Waals surface area contributed by atoms with Crippen molar-refractivity contribution < 1.29 is 29.9 Å². The van der Waals surface area contributed by atoms with E-state index in [1.807, 2.05) is 58.8 Å². The van der Waals surface area contributed by atoms with Crippen LogP contribution in [0, 0.1) is 5.92 Å². The average Bonchev–Trinajstić information content (AvgIpc) is 2.49. The SMILES string of the molecule is C[C@@H]1C[C@H](N(C)C)[C@@H](O)C(O)O1.C[C@H]1[C@H](N(C)C)[C@@H](O)C(O)O[C@@H]1C. The monoisotopic (exact) mass is 364 g/mol. The Labute approximate surface area is 150 Å². The fourth-order valence-electron chi connectivity index (χ4n) is 3.52. The minimum atomic E-state index is -1.06. The van der Waals surface area contributed by atoms with Crippen LogP contribution < -0.4 is 0 Å². The van der Waals surface area contributed by atoms with Crippen LogP contribution in [0.2, 0.25) is 0 Å². The number of hydrogen-bond donors (Lipinski definition) is 4. The highest BCUT2D eigenvalue weighted by Crippen LogP contribution is 2.27. The van der Waals surface area contributed by atoms with Gasteiger partial charge in [-0.1, -0.05) is 6.92 Å². The van der Waals surface area contributed by atoms with Crippen LogP contribution in [0.5, 0.6) is 0 Å². The van der Waals surface area contributed by atoms with E-state index in [1.165, 1.54) is 0 Å². The maximum Gasteiger partial charge on any atom is 0.182 e. The van der Waals surface area contributed by atoms with Crippen molar-refractivity contribution in [1.82, 2.24) is 9.80 Å². The zero-order chi connectivity index (χ0) is 19.5. The van der Waals surface area contributed by atoms with E-state index in [2.05, 4.69) is 0 Å². The summed E-state index contributed by atoms with van der Waals surface area (Å²) in [6, 6.07) is -0.0532. The van der Waals surface area contributed by atoms with Crippen LogP contribution in [0.1, 0.15) is 27.2 Å². The Balaban J connectivity index is 0.000000251. The van der Waals surface area contributed by atoms with Crippen LogP contribution in [0.4, 0.5) is 0 Å². The van der Waals surface area contributed by atoms with Gasteiger partial charge >= 0.3 is 0 Å². The first-order valence-electron chi connectivity index (χ1n) is 8.83. The van der Waals surface area contributed by atoms with Gasteiger partial charge in [0.15, 0.2) is 12.6 Å². The van der Waals surface area contributed by atoms with Crippen LogP contribution in [0.15, 0.2) is 0 Å². The summed E-state index contributed by atoms with van der Waals surface area (Å²) >= 11 is 0. The summed E-state index contributed by atoms with van der Waals surface area (Å²) in [6.45, 7) is 5.83. The Hall–Kier alpha value is -0.320. The summed E-state index contributed by atoms with van der Waals surface area (Å²) in [6.07, 6.45) is -2.97. The molecule has 0 saturated carbocycles. The van der Waals surface area contributed by atoms with Gasteiger partial charge in [0.1, 0.15) is 12.2 Å². The van der Waals surface area contributed by atoms with Gasteiger partial charge in [-0.15, -0.1) is 0 Å². The molecule has 2 heterocycles. The summed E-state index contributed by atoms with van der Waals surface area (Å²) in [5.41, 5.74) is 0. The van der Waals surface area contributed by atoms with E-state index in [0.29, 0.717) is 0 Å². The lowest BCUT2D eigenvalue weighted by Gasteiger charge is -2.43. The van der Waals surface area contributed by atoms with Gasteiger partial charge in [0.05, 0.1) is 12.2 Å². The van der Waals surface area contributed by atoms with Gasteiger partial charge in [-0.3, -0.25) is 0 Å². The number of aliphatic hydroxyl groups is 4. The highest BCUT2D eigenvalue weighted by atomic mass is 16.6. The molecule has 0 bridgehead atoms. The molecule has 25 heavy (non-hydrogen) atoms. The Morgan fingerprint density at radius 3 is 1.76 bits per heavy atom. The molecular weight excluding hydrogens is 328 g/mol. The van der Waals surface area contributed by atoms with Gasteiger partial charge in [0.2, 0.25) is 0 Å². The highest BCUT2D eigenvalue weighted by Gasteiger charge is 2.41. The molecule has 0 aromatic rings. The van der Waals surface area contributed by atoms with Crippen LogP contribution in [0.3, 0.4) is 0 Å². The molecule has 8 nitrogen and oxygen atoms in total. The summed E-state index contributed by atoms with van der Waals surface area (Å²) in [4.78, 5) is 3.84. The van der Waals surface area contributed by atoms with Crippen LogP contribution in [-0.2, 0) is 9.47 Å². The predicted octanol–water partition coefficient (Wildman–Crippen LogP) is -0.945. The fourth-order valence-corrected chi connectivity index (χ4v) is 3.52. The van der Waals surface area contributed by atoms with Gasteiger partial charge in [0.25, 0.3) is 0 Å². The molecule has 2 unspecified atom stereocenters. The quantitative estimate of drug-likeness (QED) is 0.497. The molecule has 2 aliphatic rings. The minimum absolute atomic E-state index is 0.01000. The summed E-state index contributed by atoms with van der Waals surface area (Å²) in [7, 11) is 7.57. The van der Waals surface area contributed by atoms with Crippen molar-refractivity contribution in [1.29, 1.82) is 0 Å². The molecule has 0 radical (unpaired) electrons. The molecule has 0 amide bonds. The lowest BCUT2D eigenvalue weighted by atomic mass is 9.88. The van der Waals surface area contributed by atoms with E-state index in [9.17, 15) is 20.4 Å². The van der Waals surface area contributed by atoms with E-state index in [4.69, 9.17) is 9.47 Å². The Bertz CT molecular complexity index is 383. The van der Waals surface area contributed by atoms with E-state index in [1.54, 1.807) is 0 Å². The standard InChI is InChI=1S/C9H19NO3.C8H17NO3/c1-5-6(2)13-9(12)8(11)7(5)10(3)4;1-5-4-6(9(2)3)7(10)8(11)12-5/h5-9,11-12H,1-4H3;5-8,10-11H,4H2,1-3H3/t5-,6-,7+,8-,9?;5-,6+,7-,8?/m11/s1. The number of rotatable bonds is 2. The number of likely N-dealkylation sites (N-methyl/N-ethyl adjacent to an activating group) is 2. The molecule has 4 N–H and O–H groups in total. The number of hydrogen-bond acceptors (Lipinski definition) is 8. The van der Waals surface area contributed by atoms with Crippen molar-refractivity contribution in [3.8, 4) is 0 Å². The normalized spacial score (nSPS) is 45.2. The van der Waals surface area contributed by atoms with E-state index >= 15 is 0 Å². The van der Waals surface area contributed by atoms with E-state index < -0.39 is 24.8 Å². The van der Waals surface area contributed by atoms with Crippen molar-refractivity contribution in [3.63, 3.8) is 0 Å². The van der Waals surface area contributed by atoms with Crippen molar-refractivity contribution in [2.75, 3.05) is 28.2 Å². The molecule has 9 atom stereocenters. The summed E-state index contributed by atoms with van der Waals surface area (Å²) in [5.74, 6) is 0.216. The van der Waals surface area contributed by atoms with Gasteiger partial charge in [-0.05, 0) is 48.5 Å². The van der Waals surface area contributed by atoms with Crippen LogP contribution in [0.25, 0.3) is 0 Å². The molecule has 0 aromatic carbocycles. The zero-order valence-corrected chi connectivity index (χ0v) is 16.4. The first-order chi connectivity index (χ1) is 11.5. The zero-order valence-electron chi connectivity index (χ0n) is 16.4. The fraction of sp³-hybridized carbons (Fsp3) is 1.00. The van der Waals surface area contributed by atoms with E-state index in [-0.39, 0.29) is 30.2 Å². The first kappa shape index (κ1) is 22.7. The lowest BCUT2D eigenvalue weighted by Crippen LogP contribution is -2.57. The molecule has 0 aromatic heterocycles. The molecule has 0 aliphatic carbocycles. The molecule has 8 heteroatoms. The average molecular weight is 364 g/mol. The molecule has 2 saturated heterocycles. The third-order valence-electron chi connectivity index (χ3n) is 5.17. The van der Waals surface area contributed by atoms with Crippen molar-refractivity contribution >= 4 is 0 Å². The smallest absolute Gasteiger partial charge is 0.182 e. The van der Waals surface area contributed by atoms with Crippen LogP contribution in [-0.4, -0.2) is 107 Å². The second-order valence-corrected chi connectivity index (χ2v) is 7.63. The second-order valence-electron chi connectivity index (χ2n) is 7.63. The molecule has 2 fully saturated rings. The van der Waals surface area contributed by atoms with Crippen molar-refractivity contribution in [3.05, 3.63) is 0 Å². The molecule has 2 rings (SSSR count). The number of nitrogens with zero attached hydrogens (tertiary/aromatic N) is 2. The minimum Gasteiger partial charge on any atom is -0.386 e. The van der Waals surface area contributed by atoms with Gasteiger partial charge in [-0.25, -0.2) is 0 Å². The Kier molecular flexibility index (Phi) is 8.70.